The van der Waals surface area contributed by atoms with Crippen LogP contribution >= 0.6 is 0 Å². The number of nitro groups is 1. The number of unbranched alkanes of at least 4 members (excludes halogenated alkanes) is 9. The lowest BCUT2D eigenvalue weighted by Crippen LogP contribution is -2.15. The van der Waals surface area contributed by atoms with Crippen LogP contribution in [0, 0.1) is 10.1 Å². The Balaban J connectivity index is 1.69. The summed E-state index contributed by atoms with van der Waals surface area (Å²) in [6.07, 6.45) is 13.3. The smallest absolute Gasteiger partial charge is 0.270 e. The molecule has 1 aromatic carbocycles. The number of nitrogens with zero attached hydrogens (tertiary/aromatic N) is 1. The highest BCUT2D eigenvalue weighted by molar-refractivity contribution is 5.42. The summed E-state index contributed by atoms with van der Waals surface area (Å²) in [6.45, 7) is 9.88. The Morgan fingerprint density at radius 1 is 0.533 bits per heavy atom. The van der Waals surface area contributed by atoms with E-state index in [-0.39, 0.29) is 18.0 Å². The molecule has 1 rings (SSSR count). The van der Waals surface area contributed by atoms with Crippen molar-refractivity contribution >= 4 is 5.69 Å². The van der Waals surface area contributed by atoms with Crippen LogP contribution < -0.4 is 0 Å². The molecule has 0 radical (unpaired) electrons. The predicted octanol–water partition coefficient (Wildman–Crippen LogP) is 5.85. The van der Waals surface area contributed by atoms with E-state index in [0.717, 1.165) is 13.0 Å². The van der Waals surface area contributed by atoms with Gasteiger partial charge in [0, 0.05) is 24.3 Å². The summed E-state index contributed by atoms with van der Waals surface area (Å²) in [6, 6.07) is 3.82. The third-order valence-electron chi connectivity index (χ3n) is 6.78. The lowest BCUT2D eigenvalue weighted by atomic mass is 10.1. The van der Waals surface area contributed by atoms with E-state index < -0.39 is 4.92 Å². The number of nitro benzene ring substituents is 1. The average Bonchev–Trinajstić information content (AvgIpc) is 3.04. The highest BCUT2D eigenvalue weighted by Crippen LogP contribution is 2.23. The SMILES string of the molecule is CCCCCCCCCCCCOCCOCCOCCOCCOCCOCCOCCOCc1cc([N+](=O)[O-])ccc1O. The number of ether oxygens (including phenoxy) is 8. The van der Waals surface area contributed by atoms with Crippen molar-refractivity contribution in [2.45, 2.75) is 77.7 Å². The van der Waals surface area contributed by atoms with Crippen molar-refractivity contribution in [1.82, 2.24) is 0 Å². The van der Waals surface area contributed by atoms with Crippen LogP contribution in [0.15, 0.2) is 18.2 Å². The van der Waals surface area contributed by atoms with Crippen LogP contribution in [0.1, 0.15) is 76.7 Å². The summed E-state index contributed by atoms with van der Waals surface area (Å²) >= 11 is 0. The molecule has 0 saturated heterocycles. The molecule has 0 fully saturated rings. The lowest BCUT2D eigenvalue weighted by Gasteiger charge is -2.09. The molecule has 12 nitrogen and oxygen atoms in total. The van der Waals surface area contributed by atoms with Gasteiger partial charge in [0.25, 0.3) is 5.69 Å². The molecule has 0 bridgehead atoms. The van der Waals surface area contributed by atoms with Crippen molar-refractivity contribution in [3.63, 3.8) is 0 Å². The third-order valence-corrected chi connectivity index (χ3v) is 6.78. The van der Waals surface area contributed by atoms with E-state index in [0.29, 0.717) is 98.1 Å². The standard InChI is InChI=1S/C33H59NO11/c1-2-3-4-5-6-7-8-9-10-11-14-38-15-16-39-17-18-40-19-20-41-21-22-42-23-24-43-25-26-44-27-28-45-30-31-29-32(34(36)37)12-13-33(31)35/h12-13,29,35H,2-11,14-28,30H2,1H3. The first-order valence-corrected chi connectivity index (χ1v) is 16.7. The number of non-ortho nitro benzene ring substituents is 1. The number of benzene rings is 1. The van der Waals surface area contributed by atoms with Gasteiger partial charge in [-0.05, 0) is 12.5 Å². The lowest BCUT2D eigenvalue weighted by molar-refractivity contribution is -0.385. The van der Waals surface area contributed by atoms with Crippen molar-refractivity contribution in [2.24, 2.45) is 0 Å². The van der Waals surface area contributed by atoms with E-state index in [1.165, 1.54) is 76.0 Å². The molecule has 0 unspecified atom stereocenters. The van der Waals surface area contributed by atoms with Crippen molar-refractivity contribution in [3.8, 4) is 5.75 Å². The highest BCUT2D eigenvalue weighted by atomic mass is 16.6. The molecule has 1 aromatic rings. The zero-order valence-corrected chi connectivity index (χ0v) is 27.6. The quantitative estimate of drug-likeness (QED) is 0.0540. The summed E-state index contributed by atoms with van der Waals surface area (Å²) in [5.41, 5.74) is 0.267. The Kier molecular flexibility index (Phi) is 29.3. The van der Waals surface area contributed by atoms with Crippen LogP contribution in [0.3, 0.4) is 0 Å². The zero-order chi connectivity index (χ0) is 32.5. The van der Waals surface area contributed by atoms with Gasteiger partial charge in [0.05, 0.1) is 104 Å². The molecule has 0 aromatic heterocycles. The second-order valence-corrected chi connectivity index (χ2v) is 10.6. The summed E-state index contributed by atoms with van der Waals surface area (Å²) in [4.78, 5) is 10.3. The molecular formula is C33H59NO11. The minimum absolute atomic E-state index is 0.0410. The second-order valence-electron chi connectivity index (χ2n) is 10.6. The fourth-order valence-corrected chi connectivity index (χ4v) is 4.21. The molecule has 45 heavy (non-hydrogen) atoms. The normalized spacial score (nSPS) is 11.4. The molecular weight excluding hydrogens is 586 g/mol. The maximum atomic E-state index is 10.8. The molecule has 12 heteroatoms. The Morgan fingerprint density at radius 3 is 1.29 bits per heavy atom. The number of hydrogen-bond donors (Lipinski definition) is 1. The molecule has 1 N–H and O–H groups in total. The Bertz CT molecular complexity index is 800. The van der Waals surface area contributed by atoms with Gasteiger partial charge in [-0.3, -0.25) is 10.1 Å². The minimum atomic E-state index is -0.516. The van der Waals surface area contributed by atoms with Crippen LogP contribution in [0.25, 0.3) is 0 Å². The van der Waals surface area contributed by atoms with E-state index in [2.05, 4.69) is 6.92 Å². The van der Waals surface area contributed by atoms with E-state index >= 15 is 0 Å². The van der Waals surface area contributed by atoms with Gasteiger partial charge < -0.3 is 43.0 Å². The van der Waals surface area contributed by atoms with Gasteiger partial charge in [0.15, 0.2) is 0 Å². The summed E-state index contributed by atoms with van der Waals surface area (Å²) in [5, 5.41) is 20.6. The van der Waals surface area contributed by atoms with Crippen LogP contribution in [0.5, 0.6) is 5.75 Å². The molecule has 0 aliphatic carbocycles. The summed E-state index contributed by atoms with van der Waals surface area (Å²) in [5.74, 6) is -0.0410. The topological polar surface area (TPSA) is 137 Å². The van der Waals surface area contributed by atoms with Crippen molar-refractivity contribution in [3.05, 3.63) is 33.9 Å². The maximum Gasteiger partial charge on any atom is 0.270 e. The van der Waals surface area contributed by atoms with Crippen LogP contribution in [-0.4, -0.2) is 109 Å². The molecule has 0 aliphatic rings. The third kappa shape index (κ3) is 27.0. The molecule has 0 atom stereocenters. The van der Waals surface area contributed by atoms with Crippen LogP contribution in [0.2, 0.25) is 0 Å². The van der Waals surface area contributed by atoms with Crippen LogP contribution in [0.4, 0.5) is 5.69 Å². The maximum absolute atomic E-state index is 10.8. The molecule has 0 amide bonds. The zero-order valence-electron chi connectivity index (χ0n) is 27.6. The molecule has 0 spiro atoms. The Morgan fingerprint density at radius 2 is 0.889 bits per heavy atom. The number of aromatic hydroxyl groups is 1. The molecule has 0 saturated carbocycles. The van der Waals surface area contributed by atoms with Gasteiger partial charge in [-0.2, -0.15) is 0 Å². The summed E-state index contributed by atoms with van der Waals surface area (Å²) in [7, 11) is 0. The highest BCUT2D eigenvalue weighted by Gasteiger charge is 2.10. The molecule has 262 valence electrons. The molecule has 0 aliphatic heterocycles. The Labute approximate surface area is 270 Å². The number of phenolic OH excluding ortho intramolecular Hbond substituents is 1. The molecule has 0 heterocycles. The fourth-order valence-electron chi connectivity index (χ4n) is 4.21. The van der Waals surface area contributed by atoms with Gasteiger partial charge in [0.1, 0.15) is 5.75 Å². The van der Waals surface area contributed by atoms with Crippen LogP contribution in [-0.2, 0) is 44.5 Å². The van der Waals surface area contributed by atoms with Gasteiger partial charge in [0.2, 0.25) is 0 Å². The van der Waals surface area contributed by atoms with E-state index in [4.69, 9.17) is 37.9 Å². The van der Waals surface area contributed by atoms with Gasteiger partial charge in [-0.1, -0.05) is 64.7 Å². The van der Waals surface area contributed by atoms with E-state index in [9.17, 15) is 15.2 Å². The monoisotopic (exact) mass is 645 g/mol. The van der Waals surface area contributed by atoms with Crippen molar-refractivity contribution < 1.29 is 47.9 Å². The largest absolute Gasteiger partial charge is 0.508 e. The van der Waals surface area contributed by atoms with Gasteiger partial charge in [-0.25, -0.2) is 0 Å². The first kappa shape index (κ1) is 41.1. The predicted molar refractivity (Wildman–Crippen MR) is 172 cm³/mol. The second kappa shape index (κ2) is 32.1. The van der Waals surface area contributed by atoms with E-state index in [1.54, 1.807) is 0 Å². The van der Waals surface area contributed by atoms with Crippen molar-refractivity contribution in [1.29, 1.82) is 0 Å². The van der Waals surface area contributed by atoms with Gasteiger partial charge in [-0.15, -0.1) is 0 Å². The number of phenols is 1. The minimum Gasteiger partial charge on any atom is -0.508 e. The summed E-state index contributed by atoms with van der Waals surface area (Å²) < 4.78 is 43.9. The number of rotatable bonds is 35. The van der Waals surface area contributed by atoms with Crippen molar-refractivity contribution in [2.75, 3.05) is 99.1 Å². The average molecular weight is 646 g/mol. The number of hydrogen-bond acceptors (Lipinski definition) is 11. The first-order valence-electron chi connectivity index (χ1n) is 16.7. The Hall–Kier alpha value is -1.90. The van der Waals surface area contributed by atoms with E-state index in [1.807, 2.05) is 0 Å². The van der Waals surface area contributed by atoms with Gasteiger partial charge >= 0.3 is 0 Å². The fraction of sp³-hybridized carbons (Fsp3) is 0.818. The first-order chi connectivity index (χ1) is 22.1.